The van der Waals surface area contributed by atoms with Crippen molar-refractivity contribution in [1.82, 2.24) is 15.3 Å². The topological polar surface area (TPSA) is 37.8 Å². The van der Waals surface area contributed by atoms with Crippen LogP contribution in [0.25, 0.3) is 0 Å². The van der Waals surface area contributed by atoms with Crippen LogP contribution in [0.15, 0.2) is 0 Å². The summed E-state index contributed by atoms with van der Waals surface area (Å²) >= 11 is 0. The van der Waals surface area contributed by atoms with Crippen LogP contribution in [0.1, 0.15) is 88.0 Å². The first kappa shape index (κ1) is 16.4. The van der Waals surface area contributed by atoms with Crippen molar-refractivity contribution in [3.63, 3.8) is 0 Å². The third-order valence-electron chi connectivity index (χ3n) is 4.50. The Hall–Kier alpha value is -0.960. The summed E-state index contributed by atoms with van der Waals surface area (Å²) in [6, 6.07) is 0. The molecule has 1 unspecified atom stereocenters. The van der Waals surface area contributed by atoms with Crippen molar-refractivity contribution >= 4 is 0 Å². The summed E-state index contributed by atoms with van der Waals surface area (Å²) in [5.74, 6) is 2.13. The van der Waals surface area contributed by atoms with Gasteiger partial charge >= 0.3 is 0 Å². The van der Waals surface area contributed by atoms with Crippen LogP contribution in [0.2, 0.25) is 0 Å². The maximum atomic E-state index is 4.84. The molecule has 1 heterocycles. The minimum absolute atomic E-state index is 0.153. The van der Waals surface area contributed by atoms with Crippen molar-refractivity contribution < 1.29 is 0 Å². The Kier molecular flexibility index (Phi) is 5.03. The Morgan fingerprint density at radius 1 is 1.10 bits per heavy atom. The fraction of sp³-hybridized carbons (Fsp3) is 0.778. The Balaban J connectivity index is 2.16. The van der Waals surface area contributed by atoms with Gasteiger partial charge in [-0.1, -0.05) is 19.8 Å². The van der Waals surface area contributed by atoms with E-state index in [-0.39, 0.29) is 5.54 Å². The summed E-state index contributed by atoms with van der Waals surface area (Å²) in [6.45, 7) is 14.2. The van der Waals surface area contributed by atoms with Gasteiger partial charge in [0, 0.05) is 29.4 Å². The first-order valence-corrected chi connectivity index (χ1v) is 8.38. The fourth-order valence-corrected chi connectivity index (χ4v) is 3.39. The van der Waals surface area contributed by atoms with Gasteiger partial charge in [0.05, 0.1) is 0 Å². The van der Waals surface area contributed by atoms with Gasteiger partial charge in [0.2, 0.25) is 0 Å². The molecule has 1 saturated carbocycles. The zero-order valence-corrected chi connectivity index (χ0v) is 14.6. The Morgan fingerprint density at radius 3 is 2.10 bits per heavy atom. The molecule has 0 spiro atoms. The fourth-order valence-electron chi connectivity index (χ4n) is 3.39. The molecule has 0 amide bonds. The highest BCUT2D eigenvalue weighted by Gasteiger charge is 2.23. The van der Waals surface area contributed by atoms with Crippen molar-refractivity contribution in [2.24, 2.45) is 0 Å². The molecule has 0 aliphatic heterocycles. The number of hydrogen-bond acceptors (Lipinski definition) is 3. The van der Waals surface area contributed by atoms with Crippen LogP contribution in [0.5, 0.6) is 0 Å². The summed E-state index contributed by atoms with van der Waals surface area (Å²) in [7, 11) is 0. The summed E-state index contributed by atoms with van der Waals surface area (Å²) in [4.78, 5) is 9.69. The molecule has 1 aliphatic carbocycles. The summed E-state index contributed by atoms with van der Waals surface area (Å²) in [6.07, 6.45) is 5.19. The van der Waals surface area contributed by atoms with Crippen LogP contribution < -0.4 is 5.32 Å². The van der Waals surface area contributed by atoms with Crippen molar-refractivity contribution in [2.75, 3.05) is 6.54 Å². The van der Waals surface area contributed by atoms with Gasteiger partial charge in [-0.3, -0.25) is 0 Å². The largest absolute Gasteiger partial charge is 0.311 e. The highest BCUT2D eigenvalue weighted by molar-refractivity contribution is 5.29. The SMILES string of the molecule is Cc1nc(C2CCCC2)nc(C)c1C(C)CNC(C)(C)C. The normalized spacial score (nSPS) is 18.2. The Bertz CT molecular complexity index is 459. The van der Waals surface area contributed by atoms with Crippen LogP contribution in [0.4, 0.5) is 0 Å². The number of aromatic nitrogens is 2. The summed E-state index contributed by atoms with van der Waals surface area (Å²) in [5.41, 5.74) is 3.83. The number of rotatable bonds is 4. The zero-order valence-electron chi connectivity index (χ0n) is 14.6. The molecule has 3 heteroatoms. The zero-order chi connectivity index (χ0) is 15.6. The number of nitrogens with one attached hydrogen (secondary N) is 1. The van der Waals surface area contributed by atoms with E-state index in [1.165, 1.54) is 42.6 Å². The molecular weight excluding hydrogens is 258 g/mol. The summed E-state index contributed by atoms with van der Waals surface area (Å²) < 4.78 is 0. The van der Waals surface area contributed by atoms with Gasteiger partial charge < -0.3 is 5.32 Å². The molecule has 1 N–H and O–H groups in total. The smallest absolute Gasteiger partial charge is 0.131 e. The van der Waals surface area contributed by atoms with E-state index in [0.29, 0.717) is 11.8 Å². The molecular formula is C18H31N3. The highest BCUT2D eigenvalue weighted by Crippen LogP contribution is 2.33. The van der Waals surface area contributed by atoms with Crippen molar-refractivity contribution in [2.45, 2.75) is 84.6 Å². The lowest BCUT2D eigenvalue weighted by atomic mass is 9.96. The van der Waals surface area contributed by atoms with Crippen LogP contribution in [-0.4, -0.2) is 22.1 Å². The van der Waals surface area contributed by atoms with Crippen molar-refractivity contribution in [1.29, 1.82) is 0 Å². The first-order valence-electron chi connectivity index (χ1n) is 8.38. The molecule has 0 radical (unpaired) electrons. The molecule has 1 aliphatic rings. The van der Waals surface area contributed by atoms with Crippen LogP contribution in [-0.2, 0) is 0 Å². The van der Waals surface area contributed by atoms with Gasteiger partial charge in [-0.2, -0.15) is 0 Å². The maximum Gasteiger partial charge on any atom is 0.131 e. The predicted octanol–water partition coefficient (Wildman–Crippen LogP) is 4.24. The van der Waals surface area contributed by atoms with E-state index < -0.39 is 0 Å². The molecule has 3 nitrogen and oxygen atoms in total. The molecule has 21 heavy (non-hydrogen) atoms. The molecule has 1 aromatic rings. The quantitative estimate of drug-likeness (QED) is 0.900. The molecule has 1 atom stereocenters. The Morgan fingerprint density at radius 2 is 1.62 bits per heavy atom. The van der Waals surface area contributed by atoms with Gasteiger partial charge in [-0.05, 0) is 58.9 Å². The number of hydrogen-bond donors (Lipinski definition) is 1. The molecule has 1 fully saturated rings. The second kappa shape index (κ2) is 6.43. The van der Waals surface area contributed by atoms with E-state index in [4.69, 9.17) is 9.97 Å². The van der Waals surface area contributed by atoms with Crippen LogP contribution in [0, 0.1) is 13.8 Å². The minimum atomic E-state index is 0.153. The van der Waals surface area contributed by atoms with E-state index in [1.54, 1.807) is 0 Å². The molecule has 1 aromatic heterocycles. The molecule has 0 aromatic carbocycles. The number of nitrogens with zero attached hydrogens (tertiary/aromatic N) is 2. The van der Waals surface area contributed by atoms with E-state index in [0.717, 1.165) is 12.4 Å². The molecule has 0 bridgehead atoms. The summed E-state index contributed by atoms with van der Waals surface area (Å²) in [5, 5.41) is 3.59. The molecule has 0 saturated heterocycles. The van der Waals surface area contributed by atoms with E-state index >= 15 is 0 Å². The lowest BCUT2D eigenvalue weighted by Crippen LogP contribution is -2.38. The predicted molar refractivity (Wildman–Crippen MR) is 88.9 cm³/mol. The maximum absolute atomic E-state index is 4.84. The lowest BCUT2D eigenvalue weighted by Gasteiger charge is -2.25. The Labute approximate surface area is 130 Å². The van der Waals surface area contributed by atoms with Gasteiger partial charge in [-0.15, -0.1) is 0 Å². The lowest BCUT2D eigenvalue weighted by molar-refractivity contribution is 0.411. The first-order chi connectivity index (χ1) is 9.78. The molecule has 2 rings (SSSR count). The van der Waals surface area contributed by atoms with Gasteiger partial charge in [-0.25, -0.2) is 9.97 Å². The number of aryl methyl sites for hydroxylation is 2. The standard InChI is InChI=1S/C18H31N3/c1-12(11-19-18(4,5)6)16-13(2)20-17(21-14(16)3)15-9-7-8-10-15/h12,15,19H,7-11H2,1-6H3. The van der Waals surface area contributed by atoms with E-state index in [9.17, 15) is 0 Å². The van der Waals surface area contributed by atoms with Gasteiger partial charge in [0.1, 0.15) is 5.82 Å². The third kappa shape index (κ3) is 4.26. The van der Waals surface area contributed by atoms with E-state index in [1.807, 2.05) is 0 Å². The average Bonchev–Trinajstić information content (AvgIpc) is 2.88. The van der Waals surface area contributed by atoms with Crippen molar-refractivity contribution in [3.05, 3.63) is 22.8 Å². The minimum Gasteiger partial charge on any atom is -0.311 e. The average molecular weight is 289 g/mol. The highest BCUT2D eigenvalue weighted by atomic mass is 15.0. The second-order valence-electron chi connectivity index (χ2n) is 7.68. The third-order valence-corrected chi connectivity index (χ3v) is 4.50. The van der Waals surface area contributed by atoms with Crippen LogP contribution >= 0.6 is 0 Å². The van der Waals surface area contributed by atoms with E-state index in [2.05, 4.69) is 46.9 Å². The van der Waals surface area contributed by atoms with Gasteiger partial charge in [0.15, 0.2) is 0 Å². The van der Waals surface area contributed by atoms with Crippen molar-refractivity contribution in [3.8, 4) is 0 Å². The second-order valence-corrected chi connectivity index (χ2v) is 7.68. The molecule has 118 valence electrons. The van der Waals surface area contributed by atoms with Crippen LogP contribution in [0.3, 0.4) is 0 Å². The van der Waals surface area contributed by atoms with Gasteiger partial charge in [0.25, 0.3) is 0 Å². The monoisotopic (exact) mass is 289 g/mol.